The van der Waals surface area contributed by atoms with Crippen molar-refractivity contribution in [3.05, 3.63) is 30.3 Å². The van der Waals surface area contributed by atoms with Crippen LogP contribution in [-0.2, 0) is 0 Å². The molecule has 0 bridgehead atoms. The number of likely N-dealkylation sites (N-methyl/N-ethyl adjacent to an activating group) is 1. The predicted octanol–water partition coefficient (Wildman–Crippen LogP) is 5.09. The highest BCUT2D eigenvalue weighted by atomic mass is 15.4. The fraction of sp³-hybridized carbons (Fsp3) is 0.714. The van der Waals surface area contributed by atoms with Crippen molar-refractivity contribution in [3.63, 3.8) is 0 Å². The third-order valence-electron chi connectivity index (χ3n) is 6.29. The summed E-state index contributed by atoms with van der Waals surface area (Å²) < 4.78 is 1.15. The molecule has 0 aromatic heterocycles. The summed E-state index contributed by atoms with van der Waals surface area (Å²) in [6.45, 7) is 11.9. The first-order valence-corrected chi connectivity index (χ1v) is 9.61. The molecule has 0 unspecified atom stereocenters. The van der Waals surface area contributed by atoms with Crippen LogP contribution in [0.1, 0.15) is 59.8 Å². The smallest absolute Gasteiger partial charge is 0.0966 e. The van der Waals surface area contributed by atoms with Crippen molar-refractivity contribution >= 4 is 5.69 Å². The van der Waals surface area contributed by atoms with E-state index in [2.05, 4.69) is 70.0 Å². The number of anilines is 1. The van der Waals surface area contributed by atoms with Gasteiger partial charge in [-0.25, -0.2) is 0 Å². The molecule has 0 atom stereocenters. The zero-order valence-corrected chi connectivity index (χ0v) is 16.0. The van der Waals surface area contributed by atoms with Crippen molar-refractivity contribution in [3.8, 4) is 0 Å². The largest absolute Gasteiger partial charge is 0.363 e. The van der Waals surface area contributed by atoms with Gasteiger partial charge >= 0.3 is 0 Å². The number of benzene rings is 1. The molecule has 1 fully saturated rings. The minimum absolute atomic E-state index is 0.666. The van der Waals surface area contributed by atoms with E-state index in [9.17, 15) is 0 Å². The Labute approximate surface area is 144 Å². The summed E-state index contributed by atoms with van der Waals surface area (Å²) in [4.78, 5) is 2.71. The average molecular weight is 318 g/mol. The summed E-state index contributed by atoms with van der Waals surface area (Å²) >= 11 is 0. The summed E-state index contributed by atoms with van der Waals surface area (Å²) in [6.07, 6.45) is 6.94. The molecule has 0 heterocycles. The van der Waals surface area contributed by atoms with Gasteiger partial charge in [0.15, 0.2) is 0 Å². The van der Waals surface area contributed by atoms with Crippen LogP contribution in [0.2, 0.25) is 0 Å². The summed E-state index contributed by atoms with van der Waals surface area (Å²) in [7, 11) is 2.43. The summed E-state index contributed by atoms with van der Waals surface area (Å²) in [5.41, 5.74) is 1.42. The topological polar surface area (TPSA) is 3.24 Å². The van der Waals surface area contributed by atoms with Crippen LogP contribution in [0, 0.1) is 0 Å². The lowest BCUT2D eigenvalue weighted by Crippen LogP contribution is -2.58. The van der Waals surface area contributed by atoms with Gasteiger partial charge in [0.2, 0.25) is 0 Å². The molecular weight excluding hydrogens is 280 g/mol. The van der Waals surface area contributed by atoms with Gasteiger partial charge in [0.05, 0.1) is 32.2 Å². The molecule has 23 heavy (non-hydrogen) atoms. The maximum atomic E-state index is 2.71. The van der Waals surface area contributed by atoms with E-state index in [1.54, 1.807) is 0 Å². The van der Waals surface area contributed by atoms with Crippen molar-refractivity contribution < 1.29 is 4.48 Å². The fourth-order valence-electron chi connectivity index (χ4n) is 3.97. The molecule has 1 aromatic carbocycles. The monoisotopic (exact) mass is 317 g/mol. The zero-order chi connectivity index (χ0) is 16.9. The van der Waals surface area contributed by atoms with E-state index in [1.807, 2.05) is 0 Å². The first-order valence-electron chi connectivity index (χ1n) is 9.61. The fourth-order valence-corrected chi connectivity index (χ4v) is 3.97. The molecule has 0 aliphatic heterocycles. The highest BCUT2D eigenvalue weighted by Crippen LogP contribution is 2.28. The van der Waals surface area contributed by atoms with E-state index < -0.39 is 0 Å². The first-order chi connectivity index (χ1) is 10.9. The molecule has 1 saturated carbocycles. The lowest BCUT2D eigenvalue weighted by molar-refractivity contribution is -0.948. The van der Waals surface area contributed by atoms with Crippen LogP contribution >= 0.6 is 0 Å². The van der Waals surface area contributed by atoms with Gasteiger partial charge in [0.25, 0.3) is 0 Å². The zero-order valence-electron chi connectivity index (χ0n) is 16.0. The standard InChI is InChI=1S/C21H37N2/c1-18(2)23(5,19(3)4)17-16-22(20-12-8-6-9-13-20)21-14-10-7-11-15-21/h6,8-9,12-13,18-19,21H,7,10-11,14-17H2,1-5H3/q+1. The van der Waals surface area contributed by atoms with Gasteiger partial charge in [-0.2, -0.15) is 0 Å². The first kappa shape index (κ1) is 18.3. The van der Waals surface area contributed by atoms with Crippen LogP contribution in [0.4, 0.5) is 5.69 Å². The molecule has 1 aliphatic carbocycles. The highest BCUT2D eigenvalue weighted by molar-refractivity contribution is 5.47. The van der Waals surface area contributed by atoms with Crippen molar-refractivity contribution in [2.24, 2.45) is 0 Å². The van der Waals surface area contributed by atoms with Gasteiger partial charge in [-0.1, -0.05) is 37.5 Å². The highest BCUT2D eigenvalue weighted by Gasteiger charge is 2.31. The summed E-state index contributed by atoms with van der Waals surface area (Å²) in [5.74, 6) is 0. The molecule has 0 amide bonds. The minimum Gasteiger partial charge on any atom is -0.363 e. The third-order valence-corrected chi connectivity index (χ3v) is 6.29. The van der Waals surface area contributed by atoms with Gasteiger partial charge in [-0.15, -0.1) is 0 Å². The number of quaternary nitrogens is 1. The van der Waals surface area contributed by atoms with Gasteiger partial charge in [0.1, 0.15) is 0 Å². The molecule has 130 valence electrons. The molecule has 1 aromatic rings. The second-order valence-corrected chi connectivity index (χ2v) is 8.08. The van der Waals surface area contributed by atoms with Gasteiger partial charge in [-0.05, 0) is 52.7 Å². The number of hydrogen-bond acceptors (Lipinski definition) is 1. The van der Waals surface area contributed by atoms with E-state index in [-0.39, 0.29) is 0 Å². The van der Waals surface area contributed by atoms with Crippen molar-refractivity contribution in [1.29, 1.82) is 0 Å². The molecule has 0 radical (unpaired) electrons. The number of hydrogen-bond donors (Lipinski definition) is 0. The number of para-hydroxylation sites is 1. The Morgan fingerprint density at radius 2 is 1.52 bits per heavy atom. The average Bonchev–Trinajstić information content (AvgIpc) is 2.56. The quantitative estimate of drug-likeness (QED) is 0.633. The molecule has 0 spiro atoms. The van der Waals surface area contributed by atoms with E-state index in [0.29, 0.717) is 12.1 Å². The van der Waals surface area contributed by atoms with E-state index in [1.165, 1.54) is 50.9 Å². The molecule has 2 heteroatoms. The van der Waals surface area contributed by atoms with Crippen molar-refractivity contribution in [2.45, 2.75) is 77.9 Å². The molecule has 2 rings (SSSR count). The van der Waals surface area contributed by atoms with Gasteiger partial charge in [-0.3, -0.25) is 0 Å². The number of rotatable bonds is 7. The number of nitrogens with zero attached hydrogens (tertiary/aromatic N) is 2. The van der Waals surface area contributed by atoms with Gasteiger partial charge < -0.3 is 9.38 Å². The predicted molar refractivity (Wildman–Crippen MR) is 102 cm³/mol. The van der Waals surface area contributed by atoms with Crippen LogP contribution in [-0.4, -0.2) is 42.7 Å². The summed E-state index contributed by atoms with van der Waals surface area (Å²) in [6, 6.07) is 13.2. The van der Waals surface area contributed by atoms with Crippen LogP contribution in [0.15, 0.2) is 30.3 Å². The van der Waals surface area contributed by atoms with E-state index in [0.717, 1.165) is 10.5 Å². The SMILES string of the molecule is CC(C)[N+](C)(CCN(c1ccccc1)C1CCCCC1)C(C)C. The third kappa shape index (κ3) is 4.50. The Morgan fingerprint density at radius 1 is 0.957 bits per heavy atom. The molecule has 2 nitrogen and oxygen atoms in total. The Bertz CT molecular complexity index is 438. The Balaban J connectivity index is 2.14. The lowest BCUT2D eigenvalue weighted by atomic mass is 9.93. The van der Waals surface area contributed by atoms with Crippen LogP contribution in [0.3, 0.4) is 0 Å². The molecule has 0 saturated heterocycles. The van der Waals surface area contributed by atoms with Gasteiger partial charge in [0, 0.05) is 11.7 Å². The van der Waals surface area contributed by atoms with Crippen LogP contribution in [0.5, 0.6) is 0 Å². The second-order valence-electron chi connectivity index (χ2n) is 8.08. The van der Waals surface area contributed by atoms with Crippen LogP contribution < -0.4 is 4.90 Å². The maximum absolute atomic E-state index is 2.71. The lowest BCUT2D eigenvalue weighted by Gasteiger charge is -2.45. The Morgan fingerprint density at radius 3 is 2.04 bits per heavy atom. The van der Waals surface area contributed by atoms with E-state index in [4.69, 9.17) is 0 Å². The normalized spacial score (nSPS) is 17.0. The molecular formula is C21H37N2+. The Hall–Kier alpha value is -1.02. The second kappa shape index (κ2) is 8.19. The Kier molecular flexibility index (Phi) is 6.52. The van der Waals surface area contributed by atoms with E-state index >= 15 is 0 Å². The minimum atomic E-state index is 0.666. The molecule has 1 aliphatic rings. The summed E-state index contributed by atoms with van der Waals surface area (Å²) in [5, 5.41) is 0. The maximum Gasteiger partial charge on any atom is 0.0966 e. The van der Waals surface area contributed by atoms with Crippen molar-refractivity contribution in [1.82, 2.24) is 0 Å². The molecule has 0 N–H and O–H groups in total. The van der Waals surface area contributed by atoms with Crippen molar-refractivity contribution in [2.75, 3.05) is 25.0 Å². The van der Waals surface area contributed by atoms with Crippen LogP contribution in [0.25, 0.3) is 0 Å².